The Balaban J connectivity index is 0.00000126. The Hall–Kier alpha value is -0.830. The number of aliphatic hydroxyl groups excluding tert-OH is 1. The second kappa shape index (κ2) is 8.38. The average molecular weight is 459 g/mol. The number of carboxylic acids is 1. The Kier molecular flexibility index (Phi) is 6.42. The quantitative estimate of drug-likeness (QED) is 0.400. The van der Waals surface area contributed by atoms with Crippen LogP contribution in [0.3, 0.4) is 0 Å². The Labute approximate surface area is 202 Å². The van der Waals surface area contributed by atoms with Crippen LogP contribution in [-0.4, -0.2) is 22.3 Å². The van der Waals surface area contributed by atoms with Crippen LogP contribution in [0.5, 0.6) is 0 Å². The number of fused-ring (bicyclic) bond motifs is 7. The summed E-state index contributed by atoms with van der Waals surface area (Å²) in [6.07, 6.45) is 13.0. The van der Waals surface area contributed by atoms with Gasteiger partial charge in [0.25, 0.3) is 0 Å². The van der Waals surface area contributed by atoms with Crippen molar-refractivity contribution in [2.24, 2.45) is 51.2 Å². The Bertz CT molecular complexity index is 798. The molecule has 0 aromatic rings. The first kappa shape index (κ1) is 25.3. The van der Waals surface area contributed by atoms with Crippen LogP contribution < -0.4 is 0 Å². The third-order valence-corrected chi connectivity index (χ3v) is 12.0. The molecule has 4 fully saturated rings. The van der Waals surface area contributed by atoms with Gasteiger partial charge in [-0.05, 0) is 97.2 Å². The molecule has 0 aromatic heterocycles. The van der Waals surface area contributed by atoms with Gasteiger partial charge in [-0.3, -0.25) is 4.79 Å². The molecule has 0 aromatic carbocycles. The standard InChI is InChI=1S/C28H44O3.C2H6/c1-17-7-6-13-28(24(30)31)16-10-19-18(23(17)28)8-9-21-26(19,4)14-11-20-25(2,3)22(29)12-15-27(20,21)5;1-2/h8,17,19-23,29H,6-7,9-16H2,1-5H3,(H,30,31);1-2H3. The molecule has 0 amide bonds. The molecule has 9 atom stereocenters. The van der Waals surface area contributed by atoms with Gasteiger partial charge in [0.15, 0.2) is 0 Å². The van der Waals surface area contributed by atoms with Crippen molar-refractivity contribution in [2.75, 3.05) is 0 Å². The van der Waals surface area contributed by atoms with Gasteiger partial charge in [-0.1, -0.05) is 73.0 Å². The van der Waals surface area contributed by atoms with Crippen LogP contribution in [0.4, 0.5) is 0 Å². The number of carboxylic acid groups (broad SMARTS) is 1. The summed E-state index contributed by atoms with van der Waals surface area (Å²) in [5.41, 5.74) is 1.56. The van der Waals surface area contributed by atoms with Crippen molar-refractivity contribution >= 4 is 5.97 Å². The van der Waals surface area contributed by atoms with E-state index < -0.39 is 11.4 Å². The fourth-order valence-corrected chi connectivity index (χ4v) is 10.4. The number of hydrogen-bond donors (Lipinski definition) is 2. The van der Waals surface area contributed by atoms with Crippen LogP contribution >= 0.6 is 0 Å². The molecule has 3 nitrogen and oxygen atoms in total. The van der Waals surface area contributed by atoms with Crippen molar-refractivity contribution in [3.8, 4) is 0 Å². The first-order valence-electron chi connectivity index (χ1n) is 14.1. The normalized spacial score (nSPS) is 50.2. The summed E-state index contributed by atoms with van der Waals surface area (Å²) in [4.78, 5) is 12.6. The molecule has 9 unspecified atom stereocenters. The fraction of sp³-hybridized carbons (Fsp3) is 0.900. The van der Waals surface area contributed by atoms with Gasteiger partial charge in [-0.15, -0.1) is 0 Å². The number of rotatable bonds is 1. The molecule has 0 aliphatic heterocycles. The molecular formula is C30H50O3. The summed E-state index contributed by atoms with van der Waals surface area (Å²) in [5.74, 6) is 1.97. The largest absolute Gasteiger partial charge is 0.481 e. The predicted octanol–water partition coefficient (Wildman–Crippen LogP) is 7.48. The van der Waals surface area contributed by atoms with E-state index in [1.807, 2.05) is 13.8 Å². The lowest BCUT2D eigenvalue weighted by molar-refractivity contribution is -0.188. The molecule has 0 spiro atoms. The van der Waals surface area contributed by atoms with Gasteiger partial charge < -0.3 is 10.2 Å². The van der Waals surface area contributed by atoms with Crippen LogP contribution in [-0.2, 0) is 4.79 Å². The molecule has 0 saturated heterocycles. The Morgan fingerprint density at radius 1 is 0.909 bits per heavy atom. The molecule has 4 saturated carbocycles. The predicted molar refractivity (Wildman–Crippen MR) is 135 cm³/mol. The third kappa shape index (κ3) is 3.34. The fourth-order valence-electron chi connectivity index (χ4n) is 10.4. The summed E-state index contributed by atoms with van der Waals surface area (Å²) in [5, 5.41) is 21.2. The molecule has 5 aliphatic carbocycles. The highest BCUT2D eigenvalue weighted by molar-refractivity contribution is 5.76. The van der Waals surface area contributed by atoms with Gasteiger partial charge in [0.05, 0.1) is 11.5 Å². The van der Waals surface area contributed by atoms with Gasteiger partial charge in [-0.2, -0.15) is 0 Å². The third-order valence-electron chi connectivity index (χ3n) is 12.0. The van der Waals surface area contributed by atoms with E-state index in [1.54, 1.807) is 0 Å². The van der Waals surface area contributed by atoms with E-state index in [0.717, 1.165) is 44.9 Å². The average Bonchev–Trinajstić information content (AvgIpc) is 2.77. The zero-order chi connectivity index (χ0) is 24.4. The van der Waals surface area contributed by atoms with E-state index >= 15 is 0 Å². The molecule has 0 heterocycles. The van der Waals surface area contributed by atoms with Crippen molar-refractivity contribution in [1.29, 1.82) is 0 Å². The number of aliphatic hydroxyl groups is 1. The minimum Gasteiger partial charge on any atom is -0.481 e. The van der Waals surface area contributed by atoms with Crippen molar-refractivity contribution in [1.82, 2.24) is 0 Å². The van der Waals surface area contributed by atoms with E-state index in [2.05, 4.69) is 40.7 Å². The Morgan fingerprint density at radius 3 is 2.24 bits per heavy atom. The molecule has 2 N–H and O–H groups in total. The van der Waals surface area contributed by atoms with Gasteiger partial charge in [0, 0.05) is 0 Å². The summed E-state index contributed by atoms with van der Waals surface area (Å²) in [6, 6.07) is 0. The maximum Gasteiger partial charge on any atom is 0.310 e. The molecule has 33 heavy (non-hydrogen) atoms. The number of allylic oxidation sites excluding steroid dienone is 2. The summed E-state index contributed by atoms with van der Waals surface area (Å²) >= 11 is 0. The molecule has 0 bridgehead atoms. The monoisotopic (exact) mass is 458 g/mol. The number of carbonyl (C=O) groups is 1. The minimum absolute atomic E-state index is 0.0127. The van der Waals surface area contributed by atoms with E-state index in [-0.39, 0.29) is 28.3 Å². The molecule has 188 valence electrons. The highest BCUT2D eigenvalue weighted by Crippen LogP contribution is 2.71. The lowest BCUT2D eigenvalue weighted by Crippen LogP contribution is -2.62. The van der Waals surface area contributed by atoms with Crippen molar-refractivity contribution in [2.45, 2.75) is 119 Å². The highest BCUT2D eigenvalue weighted by atomic mass is 16.4. The summed E-state index contributed by atoms with van der Waals surface area (Å²) in [6.45, 7) is 16.0. The first-order valence-corrected chi connectivity index (χ1v) is 14.1. The van der Waals surface area contributed by atoms with Gasteiger partial charge in [-0.25, -0.2) is 0 Å². The van der Waals surface area contributed by atoms with Crippen molar-refractivity contribution in [3.05, 3.63) is 11.6 Å². The molecule has 0 radical (unpaired) electrons. The molecule has 5 rings (SSSR count). The summed E-state index contributed by atoms with van der Waals surface area (Å²) < 4.78 is 0. The highest BCUT2D eigenvalue weighted by Gasteiger charge is 2.65. The zero-order valence-electron chi connectivity index (χ0n) is 22.4. The lowest BCUT2D eigenvalue weighted by Gasteiger charge is -2.68. The van der Waals surface area contributed by atoms with Gasteiger partial charge >= 0.3 is 5.97 Å². The van der Waals surface area contributed by atoms with Gasteiger partial charge in [0.1, 0.15) is 0 Å². The second-order valence-corrected chi connectivity index (χ2v) is 13.4. The maximum absolute atomic E-state index is 12.6. The smallest absolute Gasteiger partial charge is 0.310 e. The molecule has 5 aliphatic rings. The maximum atomic E-state index is 12.6. The molecule has 3 heteroatoms. The zero-order valence-corrected chi connectivity index (χ0v) is 22.4. The van der Waals surface area contributed by atoms with E-state index in [0.29, 0.717) is 23.7 Å². The number of hydrogen-bond acceptors (Lipinski definition) is 2. The second-order valence-electron chi connectivity index (χ2n) is 13.4. The lowest BCUT2D eigenvalue weighted by atomic mass is 9.37. The van der Waals surface area contributed by atoms with Crippen molar-refractivity contribution < 1.29 is 15.0 Å². The number of aliphatic carboxylic acids is 1. The topological polar surface area (TPSA) is 57.5 Å². The Morgan fingerprint density at radius 2 is 1.58 bits per heavy atom. The van der Waals surface area contributed by atoms with Crippen LogP contribution in [0.1, 0.15) is 113 Å². The van der Waals surface area contributed by atoms with Crippen LogP contribution in [0, 0.1) is 51.2 Å². The summed E-state index contributed by atoms with van der Waals surface area (Å²) in [7, 11) is 0. The van der Waals surface area contributed by atoms with E-state index in [4.69, 9.17) is 0 Å². The van der Waals surface area contributed by atoms with E-state index in [1.165, 1.54) is 24.8 Å². The van der Waals surface area contributed by atoms with Crippen molar-refractivity contribution in [3.63, 3.8) is 0 Å². The molecular weight excluding hydrogens is 408 g/mol. The minimum atomic E-state index is -0.533. The van der Waals surface area contributed by atoms with Crippen LogP contribution in [0.2, 0.25) is 0 Å². The van der Waals surface area contributed by atoms with Crippen LogP contribution in [0.15, 0.2) is 11.6 Å². The first-order chi connectivity index (χ1) is 15.5. The van der Waals surface area contributed by atoms with Gasteiger partial charge in [0.2, 0.25) is 0 Å². The van der Waals surface area contributed by atoms with Crippen LogP contribution in [0.25, 0.3) is 0 Å². The SMILES string of the molecule is CC.CC1CCCC2(C(=O)O)CCC3C(=CCC4C3(C)CCC3C(C)(C)C(O)CCC34C)C12. The van der Waals surface area contributed by atoms with E-state index in [9.17, 15) is 15.0 Å².